The maximum absolute atomic E-state index is 13.9. The molecule has 11 atom stereocenters. The lowest BCUT2D eigenvalue weighted by atomic mass is 9.88. The lowest BCUT2D eigenvalue weighted by Crippen LogP contribution is -2.53. The number of aromatic nitrogens is 6. The van der Waals surface area contributed by atoms with Crippen LogP contribution in [0.3, 0.4) is 0 Å². The molecule has 4 unspecified atom stereocenters. The van der Waals surface area contributed by atoms with Crippen LogP contribution in [-0.4, -0.2) is 171 Å². The lowest BCUT2D eigenvalue weighted by molar-refractivity contribution is -0.137. The van der Waals surface area contributed by atoms with Gasteiger partial charge in [-0.25, -0.2) is 24.3 Å². The van der Waals surface area contributed by atoms with Gasteiger partial charge in [-0.3, -0.25) is 57.9 Å². The SMILES string of the molecule is CC(NC(=O)C(NC(=O)CCCCCN1C(=O)C=CC1=O)C(C)C)C(=O)Nc1ccc(CCN(CC(C)(C)CC(=O)Nc2nc3c(ncn3[C@@H]3O[C@@H]4COP(O)(=S)O[C@H]5C[C@H](Oc6ccncn6)C[C@@H]5COP(=O)(S)O[C@@H]3[C@@H]4O)c(=O)[nH]2)C(=O)O)cc1. The molecule has 1 saturated carbocycles. The number of imide groups is 1. The van der Waals surface area contributed by atoms with Gasteiger partial charge in [0.15, 0.2) is 17.4 Å². The first-order valence-corrected chi connectivity index (χ1v) is 33.3. The number of aliphatic hydroxyl groups is 1. The summed E-state index contributed by atoms with van der Waals surface area (Å²) in [5.74, 6) is -3.71. The molecule has 6 heterocycles. The number of rotatable bonds is 23. The predicted molar refractivity (Wildman–Crippen MR) is 316 cm³/mol. The second kappa shape index (κ2) is 28.7. The zero-order valence-corrected chi connectivity index (χ0v) is 51.6. The van der Waals surface area contributed by atoms with Crippen molar-refractivity contribution in [1.29, 1.82) is 0 Å². The van der Waals surface area contributed by atoms with Gasteiger partial charge in [0.05, 0.1) is 25.6 Å². The van der Waals surface area contributed by atoms with Gasteiger partial charge in [-0.2, -0.15) is 4.98 Å². The first-order chi connectivity index (χ1) is 41.1. The number of thiol groups is 1. The van der Waals surface area contributed by atoms with Crippen molar-refractivity contribution in [3.8, 4) is 5.88 Å². The Morgan fingerprint density at radius 1 is 0.931 bits per heavy atom. The molecule has 4 aliphatic rings. The zero-order valence-electron chi connectivity index (χ0n) is 48.1. The molecule has 34 heteroatoms. The summed E-state index contributed by atoms with van der Waals surface area (Å²) in [6.07, 6.45) is 0.176. The van der Waals surface area contributed by atoms with Gasteiger partial charge < -0.3 is 59.0 Å². The Labute approximate surface area is 509 Å². The van der Waals surface area contributed by atoms with E-state index in [4.69, 9.17) is 39.4 Å². The number of aliphatic hydroxyl groups excluding tert-OH is 1. The van der Waals surface area contributed by atoms with Crippen molar-refractivity contribution >= 4 is 102 Å². The highest BCUT2D eigenvalue weighted by molar-refractivity contribution is 8.44. The molecule has 2 saturated heterocycles. The van der Waals surface area contributed by atoms with Crippen LogP contribution in [0.4, 0.5) is 16.4 Å². The summed E-state index contributed by atoms with van der Waals surface area (Å²) in [4.78, 5) is 135. The average molecular weight is 1290 g/mol. The highest BCUT2D eigenvalue weighted by Crippen LogP contribution is 2.59. The van der Waals surface area contributed by atoms with Gasteiger partial charge in [-0.1, -0.05) is 58.5 Å². The molecule has 7 amide bonds. The van der Waals surface area contributed by atoms with E-state index < -0.39 is 110 Å². The Balaban J connectivity index is 0.820. The number of hydrogen-bond acceptors (Lipinski definition) is 21. The van der Waals surface area contributed by atoms with Crippen molar-refractivity contribution < 1.29 is 80.8 Å². The summed E-state index contributed by atoms with van der Waals surface area (Å²) >= 11 is 9.58. The number of H-pyrrole nitrogens is 1. The Bertz CT molecular complexity index is 3360. The molecule has 3 aliphatic heterocycles. The van der Waals surface area contributed by atoms with Gasteiger partial charge in [-0.05, 0) is 73.4 Å². The maximum Gasteiger partial charge on any atom is 0.407 e. The lowest BCUT2D eigenvalue weighted by Gasteiger charge is -2.30. The standard InChI is InChI=1S/C53H70N12O18P2S2/c1-29(2)42(59-37(66)9-7-6-8-19-64-40(68)14-15-41(64)69)48(72)57-30(3)47(71)58-33-12-10-31(11-13-33)17-20-63(52(74)75)26-53(4,5)23-38(67)60-51-61-46-43(49(73)62-51)56-28-65(46)50-45-44(70)36(81-50)25-79-84(76,86)82-35-22-34(80-39-16-18-54-27-55-39)21-32(35)24-78-85(77,87)83-45/h10-16,18,27-30,32,34-36,42,44-45,50,70H,6-9,17,19-26H2,1-5H3,(H,57,72)(H,58,71)(H,59,66)(H,74,75)(H,76,86)(H,77,87)(H2,60,61,62,67,73)/t30?,32-,34-,35+,36-,42?,44-,45-,50-,84?,85?/m1/s1. The summed E-state index contributed by atoms with van der Waals surface area (Å²) in [6, 6.07) is 6.31. The van der Waals surface area contributed by atoms with Gasteiger partial charge in [0.2, 0.25) is 35.5 Å². The first-order valence-electron chi connectivity index (χ1n) is 28.0. The summed E-state index contributed by atoms with van der Waals surface area (Å²) in [5.41, 5.74) is -1.05. The third-order valence-electron chi connectivity index (χ3n) is 14.7. The fraction of sp³-hybridized carbons (Fsp3) is 0.547. The van der Waals surface area contributed by atoms with E-state index in [9.17, 15) is 58.0 Å². The third kappa shape index (κ3) is 18.0. The van der Waals surface area contributed by atoms with Crippen LogP contribution < -0.4 is 31.6 Å². The normalized spacial score (nSPS) is 25.6. The number of unbranched alkanes of at least 4 members (excludes halogenated alkanes) is 2. The molecule has 0 radical (unpaired) electrons. The number of carbonyl (C=O) groups excluding carboxylic acids is 6. The number of ether oxygens (including phenoxy) is 2. The molecule has 2 bridgehead atoms. The minimum Gasteiger partial charge on any atom is -0.474 e. The van der Waals surface area contributed by atoms with Gasteiger partial charge in [0, 0.05) is 74.9 Å². The van der Waals surface area contributed by atoms with Gasteiger partial charge >= 0.3 is 19.6 Å². The fourth-order valence-electron chi connectivity index (χ4n) is 10.3. The molecule has 1 aliphatic carbocycles. The second-order valence-corrected chi connectivity index (χ2v) is 28.2. The Kier molecular flexibility index (Phi) is 21.9. The van der Waals surface area contributed by atoms with Crippen LogP contribution in [-0.2, 0) is 74.4 Å². The van der Waals surface area contributed by atoms with Crippen LogP contribution in [0, 0.1) is 17.3 Å². The van der Waals surface area contributed by atoms with E-state index in [1.54, 1.807) is 58.0 Å². The van der Waals surface area contributed by atoms with Crippen LogP contribution in [0.15, 0.2) is 66.1 Å². The van der Waals surface area contributed by atoms with E-state index in [1.807, 2.05) is 0 Å². The van der Waals surface area contributed by atoms with Crippen molar-refractivity contribution in [2.24, 2.45) is 17.3 Å². The van der Waals surface area contributed by atoms with Gasteiger partial charge in [0.1, 0.15) is 42.8 Å². The monoisotopic (exact) mass is 1290 g/mol. The largest absolute Gasteiger partial charge is 0.474 e. The highest BCUT2D eigenvalue weighted by atomic mass is 32.7. The van der Waals surface area contributed by atoms with Crippen molar-refractivity contribution in [2.45, 2.75) is 135 Å². The number of anilines is 2. The van der Waals surface area contributed by atoms with Gasteiger partial charge in [-0.15, -0.1) is 0 Å². The van der Waals surface area contributed by atoms with Crippen molar-refractivity contribution in [3.63, 3.8) is 0 Å². The topological polar surface area (TPSA) is 397 Å². The number of aromatic amines is 1. The molecule has 8 N–H and O–H groups in total. The van der Waals surface area contributed by atoms with E-state index in [0.717, 1.165) is 21.7 Å². The number of hydrogen-bond donors (Lipinski definition) is 9. The highest BCUT2D eigenvalue weighted by Gasteiger charge is 2.51. The molecule has 8 rings (SSSR count). The summed E-state index contributed by atoms with van der Waals surface area (Å²) in [6.45, 7) is -0.665. The average Bonchev–Trinajstić information content (AvgIpc) is 1.73. The Morgan fingerprint density at radius 2 is 1.67 bits per heavy atom. The molecular formula is C53H70N12O18P2S2. The number of imidazole rings is 1. The number of benzene rings is 1. The van der Waals surface area contributed by atoms with Crippen LogP contribution in [0.5, 0.6) is 5.88 Å². The van der Waals surface area contributed by atoms with Crippen LogP contribution in [0.25, 0.3) is 11.2 Å². The minimum absolute atomic E-state index is 0.0234. The third-order valence-corrected chi connectivity index (χ3v) is 17.9. The molecule has 30 nitrogen and oxygen atoms in total. The number of nitrogens with one attached hydrogen (secondary N) is 5. The quantitative estimate of drug-likeness (QED) is 0.0221. The van der Waals surface area contributed by atoms with E-state index in [1.165, 1.54) is 36.2 Å². The Hall–Kier alpha value is -6.57. The molecular weight excluding hydrogens is 1220 g/mol. The van der Waals surface area contributed by atoms with E-state index in [0.29, 0.717) is 37.3 Å². The molecule has 3 fully saturated rings. The summed E-state index contributed by atoms with van der Waals surface area (Å²) in [5, 5.41) is 32.5. The fourth-order valence-corrected chi connectivity index (χ4v) is 13.3. The maximum atomic E-state index is 13.9. The number of carbonyl (C=O) groups is 7. The van der Waals surface area contributed by atoms with Crippen LogP contribution in [0.2, 0.25) is 0 Å². The molecule has 4 aromatic rings. The molecule has 0 spiro atoms. The van der Waals surface area contributed by atoms with E-state index in [-0.39, 0.29) is 92.7 Å². The first kappa shape index (κ1) is 66.4. The molecule has 1 aromatic carbocycles. The van der Waals surface area contributed by atoms with E-state index in [2.05, 4.69) is 58.4 Å². The Morgan fingerprint density at radius 3 is 2.36 bits per heavy atom. The molecule has 3 aromatic heterocycles. The zero-order chi connectivity index (χ0) is 63.0. The molecule has 87 heavy (non-hydrogen) atoms. The smallest absolute Gasteiger partial charge is 0.407 e. The van der Waals surface area contributed by atoms with E-state index >= 15 is 0 Å². The number of nitrogens with zero attached hydrogens (tertiary/aromatic N) is 7. The summed E-state index contributed by atoms with van der Waals surface area (Å²) < 4.78 is 50.5. The van der Waals surface area contributed by atoms with Crippen molar-refractivity contribution in [3.05, 3.63) is 77.3 Å². The number of fused-ring (bicyclic) bond motifs is 4. The number of carboxylic acid groups (broad SMARTS) is 1. The van der Waals surface area contributed by atoms with Crippen LogP contribution >= 0.6 is 25.8 Å². The molecule has 472 valence electrons. The second-order valence-electron chi connectivity index (χ2n) is 22.6. The predicted octanol–water partition coefficient (Wildman–Crippen LogP) is 3.74. The van der Waals surface area contributed by atoms with Crippen LogP contribution in [0.1, 0.15) is 91.4 Å². The van der Waals surface area contributed by atoms with Crippen molar-refractivity contribution in [2.75, 3.05) is 43.5 Å². The minimum atomic E-state index is -4.37. The summed E-state index contributed by atoms with van der Waals surface area (Å²) in [7, 11) is 0. The van der Waals surface area contributed by atoms with Gasteiger partial charge in [0.25, 0.3) is 17.4 Å². The van der Waals surface area contributed by atoms with Crippen molar-refractivity contribution in [1.82, 2.24) is 49.9 Å². The number of amides is 7.